The Labute approximate surface area is 148 Å². The lowest BCUT2D eigenvalue weighted by molar-refractivity contribution is 0.286. The molecule has 0 aliphatic heterocycles. The summed E-state index contributed by atoms with van der Waals surface area (Å²) in [7, 11) is 1.66. The van der Waals surface area contributed by atoms with Crippen molar-refractivity contribution in [2.75, 3.05) is 25.6 Å². The highest BCUT2D eigenvalue weighted by atomic mass is 16.5. The van der Waals surface area contributed by atoms with E-state index in [2.05, 4.69) is 15.3 Å². The zero-order valence-electron chi connectivity index (χ0n) is 14.4. The van der Waals surface area contributed by atoms with Crippen LogP contribution in [-0.2, 0) is 0 Å². The van der Waals surface area contributed by atoms with Crippen LogP contribution in [0.4, 0.5) is 5.82 Å². The third-order valence-corrected chi connectivity index (χ3v) is 3.98. The van der Waals surface area contributed by atoms with Crippen molar-refractivity contribution in [2.45, 2.75) is 19.3 Å². The molecule has 0 unspecified atom stereocenters. The van der Waals surface area contributed by atoms with Gasteiger partial charge in [0, 0.05) is 11.9 Å². The summed E-state index contributed by atoms with van der Waals surface area (Å²) in [5, 5.41) is 4.46. The number of ether oxygens (including phenoxy) is 2. The number of fused-ring (bicyclic) bond motifs is 1. The lowest BCUT2D eigenvalue weighted by Crippen LogP contribution is -2.05. The van der Waals surface area contributed by atoms with E-state index in [0.29, 0.717) is 6.61 Å². The number of hydrogen-bond donors (Lipinski definition) is 1. The van der Waals surface area contributed by atoms with E-state index < -0.39 is 0 Å². The molecule has 25 heavy (non-hydrogen) atoms. The number of hydrogen-bond acceptors (Lipinski definition) is 5. The van der Waals surface area contributed by atoms with E-state index in [-0.39, 0.29) is 0 Å². The minimum atomic E-state index is 0.691. The first-order valence-corrected chi connectivity index (χ1v) is 8.58. The Balaban J connectivity index is 1.38. The van der Waals surface area contributed by atoms with Crippen LogP contribution in [0.2, 0.25) is 0 Å². The standard InChI is InChI=1S/C20H23N3O2/c1-24-18-11-5-6-12-19(18)25-14-8-2-7-13-21-20-16-9-3-4-10-17(16)22-15-23-20/h3-6,9-12,15H,2,7-8,13-14H2,1H3,(H,21,22,23). The van der Waals surface area contributed by atoms with E-state index in [1.807, 2.05) is 48.5 Å². The molecule has 0 atom stereocenters. The van der Waals surface area contributed by atoms with Crippen LogP contribution < -0.4 is 14.8 Å². The molecule has 0 saturated carbocycles. The number of aromatic nitrogens is 2. The first-order chi connectivity index (χ1) is 12.4. The molecule has 0 saturated heterocycles. The maximum absolute atomic E-state index is 5.78. The monoisotopic (exact) mass is 337 g/mol. The van der Waals surface area contributed by atoms with Gasteiger partial charge in [-0.25, -0.2) is 9.97 Å². The van der Waals surface area contributed by atoms with Gasteiger partial charge >= 0.3 is 0 Å². The van der Waals surface area contributed by atoms with Crippen molar-refractivity contribution < 1.29 is 9.47 Å². The van der Waals surface area contributed by atoms with Crippen molar-refractivity contribution in [3.63, 3.8) is 0 Å². The molecule has 5 heteroatoms. The van der Waals surface area contributed by atoms with Gasteiger partial charge in [0.05, 0.1) is 19.2 Å². The van der Waals surface area contributed by atoms with Crippen LogP contribution in [0.1, 0.15) is 19.3 Å². The molecule has 3 aromatic rings. The highest BCUT2D eigenvalue weighted by molar-refractivity contribution is 5.88. The highest BCUT2D eigenvalue weighted by Crippen LogP contribution is 2.25. The summed E-state index contributed by atoms with van der Waals surface area (Å²) in [4.78, 5) is 8.61. The Morgan fingerprint density at radius 1 is 0.880 bits per heavy atom. The van der Waals surface area contributed by atoms with E-state index in [4.69, 9.17) is 9.47 Å². The van der Waals surface area contributed by atoms with Crippen molar-refractivity contribution in [3.05, 3.63) is 54.9 Å². The largest absolute Gasteiger partial charge is 0.493 e. The van der Waals surface area contributed by atoms with E-state index in [1.165, 1.54) is 0 Å². The van der Waals surface area contributed by atoms with Gasteiger partial charge in [-0.2, -0.15) is 0 Å². The SMILES string of the molecule is COc1ccccc1OCCCCCNc1ncnc2ccccc12. The van der Waals surface area contributed by atoms with Crippen LogP contribution in [0.25, 0.3) is 10.9 Å². The van der Waals surface area contributed by atoms with Crippen LogP contribution in [0.5, 0.6) is 11.5 Å². The van der Waals surface area contributed by atoms with Gasteiger partial charge in [0.15, 0.2) is 11.5 Å². The van der Waals surface area contributed by atoms with Crippen LogP contribution >= 0.6 is 0 Å². The Hall–Kier alpha value is -2.82. The lowest BCUT2D eigenvalue weighted by Gasteiger charge is -2.10. The third-order valence-electron chi connectivity index (χ3n) is 3.98. The van der Waals surface area contributed by atoms with Crippen molar-refractivity contribution >= 4 is 16.7 Å². The summed E-state index contributed by atoms with van der Waals surface area (Å²) in [6.45, 7) is 1.58. The lowest BCUT2D eigenvalue weighted by atomic mass is 10.2. The number of methoxy groups -OCH3 is 1. The summed E-state index contributed by atoms with van der Waals surface area (Å²) in [5.41, 5.74) is 0.963. The van der Waals surface area contributed by atoms with Gasteiger partial charge in [-0.15, -0.1) is 0 Å². The molecule has 1 aromatic heterocycles. The van der Waals surface area contributed by atoms with Crippen LogP contribution in [0, 0.1) is 0 Å². The molecular weight excluding hydrogens is 314 g/mol. The Kier molecular flexibility index (Phi) is 6.04. The fourth-order valence-corrected chi connectivity index (χ4v) is 2.68. The number of benzene rings is 2. The second-order valence-electron chi connectivity index (χ2n) is 5.73. The molecule has 2 aromatic carbocycles. The quantitative estimate of drug-likeness (QED) is 0.590. The maximum Gasteiger partial charge on any atom is 0.161 e. The van der Waals surface area contributed by atoms with Crippen LogP contribution in [-0.4, -0.2) is 30.2 Å². The molecule has 130 valence electrons. The van der Waals surface area contributed by atoms with Crippen molar-refractivity contribution in [1.29, 1.82) is 0 Å². The van der Waals surface area contributed by atoms with Gasteiger partial charge in [-0.3, -0.25) is 0 Å². The smallest absolute Gasteiger partial charge is 0.161 e. The Morgan fingerprint density at radius 2 is 1.68 bits per heavy atom. The summed E-state index contributed by atoms with van der Waals surface area (Å²) in [5.74, 6) is 2.48. The molecule has 0 amide bonds. The first kappa shape index (κ1) is 17.0. The van der Waals surface area contributed by atoms with E-state index in [1.54, 1.807) is 13.4 Å². The molecule has 3 rings (SSSR count). The molecule has 0 fully saturated rings. The van der Waals surface area contributed by atoms with E-state index in [0.717, 1.165) is 54.0 Å². The highest BCUT2D eigenvalue weighted by Gasteiger charge is 2.03. The van der Waals surface area contributed by atoms with Gasteiger partial charge in [-0.05, 0) is 43.5 Å². The molecule has 0 aliphatic carbocycles. The molecule has 0 aliphatic rings. The molecule has 1 heterocycles. The molecule has 0 spiro atoms. The van der Waals surface area contributed by atoms with Gasteiger partial charge in [0.1, 0.15) is 12.1 Å². The van der Waals surface area contributed by atoms with Crippen LogP contribution in [0.15, 0.2) is 54.9 Å². The van der Waals surface area contributed by atoms with E-state index in [9.17, 15) is 0 Å². The normalized spacial score (nSPS) is 10.6. The third kappa shape index (κ3) is 4.59. The molecular formula is C20H23N3O2. The minimum absolute atomic E-state index is 0.691. The van der Waals surface area contributed by atoms with Crippen LogP contribution in [0.3, 0.4) is 0 Å². The molecule has 0 bridgehead atoms. The summed E-state index contributed by atoms with van der Waals surface area (Å²) in [6, 6.07) is 15.8. The fraction of sp³-hybridized carbons (Fsp3) is 0.300. The average molecular weight is 337 g/mol. The Morgan fingerprint density at radius 3 is 2.56 bits per heavy atom. The van der Waals surface area contributed by atoms with Gasteiger partial charge < -0.3 is 14.8 Å². The number of unbranched alkanes of at least 4 members (excludes halogenated alkanes) is 2. The molecule has 5 nitrogen and oxygen atoms in total. The molecule has 1 N–H and O–H groups in total. The maximum atomic E-state index is 5.78. The predicted molar refractivity (Wildman–Crippen MR) is 100 cm³/mol. The summed E-state index contributed by atoms with van der Waals surface area (Å²) < 4.78 is 11.1. The second-order valence-corrected chi connectivity index (χ2v) is 5.73. The van der Waals surface area contributed by atoms with E-state index >= 15 is 0 Å². The predicted octanol–water partition coefficient (Wildman–Crippen LogP) is 4.30. The Bertz CT molecular complexity index is 802. The number of nitrogens with zero attached hydrogens (tertiary/aromatic N) is 2. The van der Waals surface area contributed by atoms with Crippen molar-refractivity contribution in [1.82, 2.24) is 9.97 Å². The topological polar surface area (TPSA) is 56.3 Å². The average Bonchev–Trinajstić information content (AvgIpc) is 2.67. The number of rotatable bonds is 9. The minimum Gasteiger partial charge on any atom is -0.493 e. The number of anilines is 1. The van der Waals surface area contributed by atoms with Crippen molar-refractivity contribution in [2.24, 2.45) is 0 Å². The summed E-state index contributed by atoms with van der Waals surface area (Å²) >= 11 is 0. The van der Waals surface area contributed by atoms with Gasteiger partial charge in [-0.1, -0.05) is 24.3 Å². The zero-order valence-corrected chi connectivity index (χ0v) is 14.4. The zero-order chi connectivity index (χ0) is 17.3. The van der Waals surface area contributed by atoms with Gasteiger partial charge in [0.2, 0.25) is 0 Å². The fourth-order valence-electron chi connectivity index (χ4n) is 2.68. The number of para-hydroxylation sites is 3. The number of nitrogens with one attached hydrogen (secondary N) is 1. The summed E-state index contributed by atoms with van der Waals surface area (Å²) in [6.07, 6.45) is 4.76. The van der Waals surface area contributed by atoms with Crippen molar-refractivity contribution in [3.8, 4) is 11.5 Å². The second kappa shape index (κ2) is 8.87. The first-order valence-electron chi connectivity index (χ1n) is 8.58. The molecule has 0 radical (unpaired) electrons. The van der Waals surface area contributed by atoms with Gasteiger partial charge in [0.25, 0.3) is 0 Å².